The molecule has 0 nitrogen and oxygen atoms in total. The highest BCUT2D eigenvalue weighted by molar-refractivity contribution is 5.15. The second-order valence-electron chi connectivity index (χ2n) is 42.1. The molecule has 14 aliphatic carbocycles. The molecule has 0 heterocycles. The van der Waals surface area contributed by atoms with E-state index >= 15 is 0 Å². The summed E-state index contributed by atoms with van der Waals surface area (Å²) in [7, 11) is 0. The summed E-state index contributed by atoms with van der Waals surface area (Å²) >= 11 is 0. The van der Waals surface area contributed by atoms with Gasteiger partial charge in [-0.2, -0.15) is 0 Å². The maximum atomic E-state index is 11.0. The van der Waals surface area contributed by atoms with Gasteiger partial charge in [0.15, 0.2) is 0 Å². The van der Waals surface area contributed by atoms with Crippen LogP contribution in [0.4, 0.5) is 4.39 Å². The number of alkyl halides is 1. The lowest BCUT2D eigenvalue weighted by Crippen LogP contribution is -2.51. The van der Waals surface area contributed by atoms with Crippen molar-refractivity contribution in [3.8, 4) is 0 Å². The van der Waals surface area contributed by atoms with E-state index in [1.165, 1.54) is 212 Å². The number of hydrogen-bond donors (Lipinski definition) is 0. The van der Waals surface area contributed by atoms with E-state index in [1.807, 2.05) is 13.8 Å². The Kier molecular flexibility index (Phi) is 45.0. The van der Waals surface area contributed by atoms with Gasteiger partial charge >= 0.3 is 0 Å². The van der Waals surface area contributed by atoms with Crippen LogP contribution in [0.2, 0.25) is 0 Å². The minimum Gasteiger partial charge on any atom is -0.248 e. The Morgan fingerprint density at radius 3 is 0.931 bits per heavy atom. The molecule has 1 aromatic carbocycles. The lowest BCUT2D eigenvalue weighted by Gasteiger charge is -2.62. The van der Waals surface area contributed by atoms with E-state index in [9.17, 15) is 4.39 Å². The van der Waals surface area contributed by atoms with Gasteiger partial charge in [-0.3, -0.25) is 0 Å². The van der Waals surface area contributed by atoms with Crippen LogP contribution in [0.3, 0.4) is 0 Å². The van der Waals surface area contributed by atoms with E-state index in [2.05, 4.69) is 176 Å². The third-order valence-corrected chi connectivity index (χ3v) is 28.7. The summed E-state index contributed by atoms with van der Waals surface area (Å²) in [5, 5.41) is 0. The number of halogens is 1. The van der Waals surface area contributed by atoms with Crippen LogP contribution >= 0.6 is 0 Å². The molecule has 1 aromatic rings. The molecule has 0 amide bonds. The van der Waals surface area contributed by atoms with Crippen molar-refractivity contribution in [2.45, 2.75) is 462 Å². The molecular weight excluding hydrogens is 1220 g/mol. The molecular formula is C100H189F. The molecule has 0 aliphatic heterocycles. The third-order valence-electron chi connectivity index (χ3n) is 28.7. The van der Waals surface area contributed by atoms with E-state index in [4.69, 9.17) is 2.74 Å². The van der Waals surface area contributed by atoms with Crippen molar-refractivity contribution in [1.29, 1.82) is 0 Å². The predicted octanol–water partition coefficient (Wildman–Crippen LogP) is 34.1. The van der Waals surface area contributed by atoms with Crippen LogP contribution in [0.1, 0.15) is 457 Å². The SMILES string of the molecule is CC(C)(C)C12CC3CC(CC(C3)C1)C2.CC(C)(C)C1C2CC3CC(C2)CC1C3.CC(C)C1(C)CCCC1.CC(C)C1CCCC1.CC(C)C1CCCCC1.CC(C)C1CCCCCC1.CC(C)C1CCCCCCC1.CC(C)Cc1ccccc1.CC(C)F.[2H]C(C)C.[2H]C1(C(C)C)CCCCC1. The summed E-state index contributed by atoms with van der Waals surface area (Å²) in [5.41, 5.74) is 4.00. The van der Waals surface area contributed by atoms with Crippen LogP contribution in [0, 0.1) is 140 Å². The van der Waals surface area contributed by atoms with Crippen molar-refractivity contribution in [1.82, 2.24) is 0 Å². The molecule has 0 unspecified atom stereocenters. The Labute approximate surface area is 641 Å². The first-order valence-electron chi connectivity index (χ1n) is 47.0. The van der Waals surface area contributed by atoms with Gasteiger partial charge in [0, 0.05) is 2.74 Å². The van der Waals surface area contributed by atoms with Crippen molar-refractivity contribution in [3.05, 3.63) is 35.9 Å². The van der Waals surface area contributed by atoms with Crippen molar-refractivity contribution >= 4 is 0 Å². The van der Waals surface area contributed by atoms with Crippen LogP contribution in [0.25, 0.3) is 0 Å². The van der Waals surface area contributed by atoms with E-state index < -0.39 is 6.17 Å². The molecule has 14 fully saturated rings. The van der Waals surface area contributed by atoms with E-state index in [-0.39, 0.29) is 12.3 Å². The first-order valence-corrected chi connectivity index (χ1v) is 45.9. The second-order valence-corrected chi connectivity index (χ2v) is 42.1. The van der Waals surface area contributed by atoms with Crippen LogP contribution in [0.5, 0.6) is 0 Å². The lowest BCUT2D eigenvalue weighted by molar-refractivity contribution is -0.113. The molecule has 0 aromatic heterocycles. The summed E-state index contributed by atoms with van der Waals surface area (Å²) < 4.78 is 25.7. The van der Waals surface area contributed by atoms with Crippen LogP contribution in [-0.4, -0.2) is 6.17 Å². The number of rotatable bonds is 8. The quantitative estimate of drug-likeness (QED) is 0.228. The molecule has 14 aliphatic rings. The number of benzene rings is 1. The van der Waals surface area contributed by atoms with Gasteiger partial charge in [-0.05, 0) is 249 Å². The summed E-state index contributed by atoms with van der Waals surface area (Å²) in [5.74, 6) is 18.9. The van der Waals surface area contributed by atoms with Gasteiger partial charge in [-0.15, -0.1) is 0 Å². The average molecular weight is 1410 g/mol. The minimum atomic E-state index is -0.667. The maximum absolute atomic E-state index is 11.0. The highest BCUT2D eigenvalue weighted by Gasteiger charge is 2.56. The first kappa shape index (κ1) is 90.8. The highest BCUT2D eigenvalue weighted by atomic mass is 19.1. The van der Waals surface area contributed by atoms with Gasteiger partial charge in [0.1, 0.15) is 0 Å². The summed E-state index contributed by atoms with van der Waals surface area (Å²) in [6, 6.07) is 10.6. The topological polar surface area (TPSA) is 0 Å². The monoisotopic (exact) mass is 1410 g/mol. The predicted molar refractivity (Wildman–Crippen MR) is 455 cm³/mol. The van der Waals surface area contributed by atoms with E-state index in [0.717, 1.165) is 125 Å². The zero-order valence-corrected chi connectivity index (χ0v) is 73.8. The molecule has 0 radical (unpaired) electrons. The van der Waals surface area contributed by atoms with Crippen LogP contribution in [0.15, 0.2) is 30.3 Å². The second kappa shape index (κ2) is 50.0. The Bertz CT molecular complexity index is 2080. The zero-order chi connectivity index (χ0) is 77.1. The highest BCUT2D eigenvalue weighted by Crippen LogP contribution is 2.66. The molecule has 0 N–H and O–H groups in total. The standard InChI is InChI=1S/2C14H24.C11H22.C10H14.C10H20.3C9H18.C8H16.C3H7F.C3H8/c1-13(2,3)14-7-10-4-11(8-14)6-12(5-10)9-14;1-14(2,3)13-11-5-9-4-10(7-11)8-12(13)6-9;1-10(2)11-8-6-4-3-5-7-9-11;1-9(2)8-10-6-4-3-5-7-10;1-9(2)10-7-5-3-4-6-8-10;1-8(2)9(3)6-4-5-7-9;2*1-8(2)9-6-4-3-5-7-9;1-7(2)8-5-3-4-6-8;1-3(2)4;1-3-2/h10-12H,4-9H2,1-3H3;9-13H,4-8H2,1-3H3;10-11H,3-9H2,1-2H3;3-7,9H,8H2,1-2H3;9-10H,3-8H2,1-2H3;8H,4-7H2,1-3H3;2*8-9H,3-7H2,1-2H3;7-8H,3-6H2,1-2H3;3H,1-2H3;3H2,1-2H3/i;;;;;;9D;;;;3D. The van der Waals surface area contributed by atoms with Gasteiger partial charge in [0.2, 0.25) is 0 Å². The van der Waals surface area contributed by atoms with Gasteiger partial charge in [-0.25, -0.2) is 4.39 Å². The molecule has 0 saturated heterocycles. The smallest absolute Gasteiger partial charge is 0.0945 e. The minimum absolute atomic E-state index is 0.0712. The zero-order valence-electron chi connectivity index (χ0n) is 75.8. The van der Waals surface area contributed by atoms with Crippen LogP contribution in [-0.2, 0) is 6.42 Å². The van der Waals surface area contributed by atoms with Gasteiger partial charge in [-0.1, -0.05) is 382 Å². The van der Waals surface area contributed by atoms with Crippen LogP contribution < -0.4 is 0 Å². The Hall–Kier alpha value is -0.850. The molecule has 8 bridgehead atoms. The summed E-state index contributed by atoms with van der Waals surface area (Å²) in [6.07, 6.45) is 62.8. The fourth-order valence-corrected chi connectivity index (χ4v) is 22.4. The Morgan fingerprint density at radius 2 is 0.683 bits per heavy atom. The van der Waals surface area contributed by atoms with Gasteiger partial charge in [0.05, 0.1) is 6.17 Å². The summed E-state index contributed by atoms with van der Waals surface area (Å²) in [6.45, 7) is 56.4. The molecule has 15 rings (SSSR count). The van der Waals surface area contributed by atoms with Gasteiger partial charge < -0.3 is 0 Å². The fourth-order valence-electron chi connectivity index (χ4n) is 22.4. The molecule has 101 heavy (non-hydrogen) atoms. The molecule has 0 atom stereocenters. The van der Waals surface area contributed by atoms with Crippen molar-refractivity contribution in [3.63, 3.8) is 0 Å². The Morgan fingerprint density at radius 1 is 0.406 bits per heavy atom. The van der Waals surface area contributed by atoms with Crippen molar-refractivity contribution in [2.24, 2.45) is 140 Å². The molecule has 14 saturated carbocycles. The normalized spacial score (nSPS) is 29.4. The fraction of sp³-hybridized carbons (Fsp3) is 0.940. The molecule has 596 valence electrons. The van der Waals surface area contributed by atoms with E-state index in [0.29, 0.717) is 22.2 Å². The maximum Gasteiger partial charge on any atom is 0.0945 e. The first-order chi connectivity index (χ1) is 48.3. The molecule has 1 heteroatoms. The molecule has 0 spiro atoms. The van der Waals surface area contributed by atoms with Gasteiger partial charge in [0.25, 0.3) is 0 Å². The average Bonchev–Trinajstić information content (AvgIpc) is 0.952. The van der Waals surface area contributed by atoms with Crippen molar-refractivity contribution in [2.75, 3.05) is 0 Å². The largest absolute Gasteiger partial charge is 0.248 e. The third kappa shape index (κ3) is 37.4. The summed E-state index contributed by atoms with van der Waals surface area (Å²) in [4.78, 5) is 0. The van der Waals surface area contributed by atoms with E-state index in [1.54, 1.807) is 70.6 Å². The number of hydrogen-bond acceptors (Lipinski definition) is 0. The lowest BCUT2D eigenvalue weighted by atomic mass is 9.43. The van der Waals surface area contributed by atoms with Crippen molar-refractivity contribution < 1.29 is 7.13 Å². The Balaban J connectivity index is 0.000000299.